The second-order valence-electron chi connectivity index (χ2n) is 7.76. The Morgan fingerprint density at radius 2 is 2.00 bits per heavy atom. The van der Waals surface area contributed by atoms with Crippen molar-refractivity contribution in [3.05, 3.63) is 23.2 Å². The smallest absolute Gasteiger partial charge is 0.409 e. The normalized spacial score (nSPS) is 19.3. The molecule has 10 heteroatoms. The molecule has 1 aliphatic carbocycles. The van der Waals surface area contributed by atoms with Gasteiger partial charge in [0.2, 0.25) is 5.92 Å². The van der Waals surface area contributed by atoms with Crippen LogP contribution in [0.2, 0.25) is 0 Å². The first-order valence-corrected chi connectivity index (χ1v) is 10.8. The number of hydrogen-bond donors (Lipinski definition) is 1. The topological polar surface area (TPSA) is 76.6 Å². The molecule has 3 heterocycles. The van der Waals surface area contributed by atoms with Gasteiger partial charge in [0.25, 0.3) is 0 Å². The Hall–Kier alpha value is -2.49. The Morgan fingerprint density at radius 1 is 1.27 bits per heavy atom. The quantitative estimate of drug-likeness (QED) is 0.749. The van der Waals surface area contributed by atoms with E-state index in [0.717, 1.165) is 10.7 Å². The van der Waals surface area contributed by atoms with E-state index < -0.39 is 5.92 Å². The number of anilines is 1. The fourth-order valence-electron chi connectivity index (χ4n) is 3.61. The number of amides is 1. The summed E-state index contributed by atoms with van der Waals surface area (Å²) in [7, 11) is 1.35. The van der Waals surface area contributed by atoms with Gasteiger partial charge in [-0.05, 0) is 19.8 Å². The number of nitrogens with zero attached hydrogens (tertiary/aromatic N) is 3. The monoisotopic (exact) mass is 438 g/mol. The molecule has 0 bridgehead atoms. The van der Waals surface area contributed by atoms with Gasteiger partial charge in [-0.2, -0.15) is 0 Å². The number of thiazole rings is 1. The van der Waals surface area contributed by atoms with Gasteiger partial charge in [0.1, 0.15) is 28.4 Å². The third kappa shape index (κ3) is 4.80. The molecule has 2 aromatic heterocycles. The lowest BCUT2D eigenvalue weighted by Crippen LogP contribution is -2.56. The summed E-state index contributed by atoms with van der Waals surface area (Å²) in [4.78, 5) is 22.2. The van der Waals surface area contributed by atoms with Gasteiger partial charge in [-0.3, -0.25) is 0 Å². The molecule has 4 rings (SSSR count). The summed E-state index contributed by atoms with van der Waals surface area (Å²) in [5, 5.41) is 6.00. The Kier molecular flexibility index (Phi) is 5.77. The number of alkyl halides is 2. The number of likely N-dealkylation sites (tertiary alicyclic amines) is 1. The number of halogens is 2. The predicted molar refractivity (Wildman–Crippen MR) is 109 cm³/mol. The number of aromatic nitrogens is 2. The van der Waals surface area contributed by atoms with E-state index in [4.69, 9.17) is 9.47 Å². The molecule has 1 saturated heterocycles. The molecule has 0 atom stereocenters. The minimum atomic E-state index is -2.57. The molecule has 2 fully saturated rings. The van der Waals surface area contributed by atoms with Crippen molar-refractivity contribution in [2.45, 2.75) is 50.7 Å². The molecule has 1 amide bonds. The van der Waals surface area contributed by atoms with E-state index in [1.165, 1.54) is 18.4 Å². The van der Waals surface area contributed by atoms with Crippen molar-refractivity contribution >= 4 is 23.2 Å². The van der Waals surface area contributed by atoms with E-state index in [2.05, 4.69) is 15.3 Å². The zero-order valence-electron chi connectivity index (χ0n) is 16.9. The summed E-state index contributed by atoms with van der Waals surface area (Å²) in [6.45, 7) is 2.81. The van der Waals surface area contributed by atoms with Crippen molar-refractivity contribution in [3.63, 3.8) is 0 Å². The number of aryl methyl sites for hydroxylation is 1. The van der Waals surface area contributed by atoms with Crippen molar-refractivity contribution in [2.75, 3.05) is 25.5 Å². The second-order valence-corrected chi connectivity index (χ2v) is 8.61. The number of methoxy groups -OCH3 is 1. The lowest BCUT2D eigenvalue weighted by Gasteiger charge is -2.37. The highest BCUT2D eigenvalue weighted by Gasteiger charge is 2.35. The third-order valence-corrected chi connectivity index (χ3v) is 6.27. The number of rotatable bonds is 5. The number of carbonyl (C=O) groups excluding carboxylic acids is 1. The number of pyridine rings is 1. The molecule has 1 aliphatic heterocycles. The standard InChI is InChI=1S/C20H24F2N4O3S/c1-12-11-30-18(23-12)16-7-14(29-15-9-26(10-15)19(27)28-2)8-17(25-16)24-13-3-5-20(21,22)6-4-13/h7-8,11,13,15H,3-6,9-10H2,1-2H3,(H,24,25). The number of nitrogens with one attached hydrogen (secondary N) is 1. The molecular formula is C20H24F2N4O3S. The Morgan fingerprint density at radius 3 is 2.63 bits per heavy atom. The molecule has 1 N–H and O–H groups in total. The Labute approximate surface area is 177 Å². The van der Waals surface area contributed by atoms with Crippen molar-refractivity contribution in [2.24, 2.45) is 0 Å². The average Bonchev–Trinajstić information content (AvgIpc) is 3.12. The predicted octanol–water partition coefficient (Wildman–Crippen LogP) is 4.33. The molecule has 0 radical (unpaired) electrons. The van der Waals surface area contributed by atoms with Crippen LogP contribution in [0, 0.1) is 6.92 Å². The van der Waals surface area contributed by atoms with E-state index in [0.29, 0.717) is 43.2 Å². The van der Waals surface area contributed by atoms with Crippen molar-refractivity contribution in [3.8, 4) is 16.5 Å². The first kappa shape index (κ1) is 20.8. The zero-order chi connectivity index (χ0) is 21.3. The van der Waals surface area contributed by atoms with Crippen LogP contribution in [0.5, 0.6) is 5.75 Å². The van der Waals surface area contributed by atoms with Gasteiger partial charge in [-0.25, -0.2) is 23.5 Å². The number of carbonyl (C=O) groups is 1. The van der Waals surface area contributed by atoms with Gasteiger partial charge >= 0.3 is 6.09 Å². The summed E-state index contributed by atoms with van der Waals surface area (Å²) < 4.78 is 37.7. The zero-order valence-corrected chi connectivity index (χ0v) is 17.7. The molecule has 0 unspecified atom stereocenters. The lowest BCUT2D eigenvalue weighted by atomic mass is 9.92. The van der Waals surface area contributed by atoms with E-state index in [1.807, 2.05) is 18.4 Å². The molecule has 162 valence electrons. The first-order chi connectivity index (χ1) is 14.3. The van der Waals surface area contributed by atoms with Crippen molar-refractivity contribution < 1.29 is 23.0 Å². The van der Waals surface area contributed by atoms with E-state index in [9.17, 15) is 13.6 Å². The Bertz CT molecular complexity index is 907. The first-order valence-electron chi connectivity index (χ1n) is 9.90. The van der Waals surface area contributed by atoms with Crippen LogP contribution in [0.15, 0.2) is 17.5 Å². The summed E-state index contributed by atoms with van der Waals surface area (Å²) >= 11 is 1.49. The molecular weight excluding hydrogens is 414 g/mol. The molecule has 7 nitrogen and oxygen atoms in total. The van der Waals surface area contributed by atoms with Gasteiger partial charge in [0, 0.05) is 42.1 Å². The SMILES string of the molecule is COC(=O)N1CC(Oc2cc(NC3CCC(F)(F)CC3)nc(-c3nc(C)cs3)c2)C1. The largest absolute Gasteiger partial charge is 0.486 e. The van der Waals surface area contributed by atoms with Gasteiger partial charge < -0.3 is 19.7 Å². The van der Waals surface area contributed by atoms with Crippen molar-refractivity contribution in [1.82, 2.24) is 14.9 Å². The fourth-order valence-corrected chi connectivity index (χ4v) is 4.36. The maximum absolute atomic E-state index is 13.5. The van der Waals surface area contributed by atoms with Crippen LogP contribution < -0.4 is 10.1 Å². The van der Waals surface area contributed by atoms with Crippen LogP contribution in [-0.4, -0.2) is 59.2 Å². The summed E-state index contributed by atoms with van der Waals surface area (Å²) in [6.07, 6.45) is 0.0265. The molecule has 1 saturated carbocycles. The fraction of sp³-hybridized carbons (Fsp3) is 0.550. The molecule has 0 spiro atoms. The molecule has 2 aliphatic rings. The van der Waals surface area contributed by atoms with Crippen LogP contribution in [0.4, 0.5) is 19.4 Å². The number of ether oxygens (including phenoxy) is 2. The molecule has 0 aromatic carbocycles. The van der Waals surface area contributed by atoms with Gasteiger partial charge in [-0.1, -0.05) is 0 Å². The molecule has 30 heavy (non-hydrogen) atoms. The van der Waals surface area contributed by atoms with Gasteiger partial charge in [0.05, 0.1) is 20.2 Å². The summed E-state index contributed by atoms with van der Waals surface area (Å²) in [5.41, 5.74) is 1.57. The van der Waals surface area contributed by atoms with Crippen molar-refractivity contribution in [1.29, 1.82) is 0 Å². The maximum atomic E-state index is 13.5. The van der Waals surface area contributed by atoms with E-state index in [1.54, 1.807) is 11.0 Å². The van der Waals surface area contributed by atoms with Crippen LogP contribution in [0.25, 0.3) is 10.7 Å². The van der Waals surface area contributed by atoms with Gasteiger partial charge in [-0.15, -0.1) is 11.3 Å². The maximum Gasteiger partial charge on any atom is 0.409 e. The highest BCUT2D eigenvalue weighted by atomic mass is 32.1. The highest BCUT2D eigenvalue weighted by Crippen LogP contribution is 2.35. The average molecular weight is 439 g/mol. The number of hydrogen-bond acceptors (Lipinski definition) is 7. The Balaban J connectivity index is 1.49. The second kappa shape index (κ2) is 8.33. The van der Waals surface area contributed by atoms with Crippen LogP contribution in [0.3, 0.4) is 0 Å². The third-order valence-electron chi connectivity index (χ3n) is 5.29. The lowest BCUT2D eigenvalue weighted by molar-refractivity contribution is -0.0361. The minimum Gasteiger partial charge on any atom is -0.486 e. The minimum absolute atomic E-state index is 0.0585. The highest BCUT2D eigenvalue weighted by molar-refractivity contribution is 7.13. The summed E-state index contributed by atoms with van der Waals surface area (Å²) in [5.74, 6) is -1.39. The van der Waals surface area contributed by atoms with Crippen LogP contribution in [-0.2, 0) is 4.74 Å². The van der Waals surface area contributed by atoms with E-state index >= 15 is 0 Å². The summed E-state index contributed by atoms with van der Waals surface area (Å²) in [6, 6.07) is 3.54. The van der Waals surface area contributed by atoms with Crippen LogP contribution in [0.1, 0.15) is 31.4 Å². The molecule has 2 aromatic rings. The van der Waals surface area contributed by atoms with Gasteiger partial charge in [0.15, 0.2) is 0 Å². The van der Waals surface area contributed by atoms with E-state index in [-0.39, 0.29) is 31.1 Å². The van der Waals surface area contributed by atoms with Crippen LogP contribution >= 0.6 is 11.3 Å².